The SMILES string of the molecule is COc1cc2c3c(n(C)c2cc1Cl)CCCC3CC(=O)O. The van der Waals surface area contributed by atoms with Crippen LogP contribution in [0.3, 0.4) is 0 Å². The van der Waals surface area contributed by atoms with Gasteiger partial charge in [0.05, 0.1) is 24.1 Å². The predicted molar refractivity (Wildman–Crippen MR) is 82.4 cm³/mol. The van der Waals surface area contributed by atoms with E-state index in [0.29, 0.717) is 10.8 Å². The zero-order valence-corrected chi connectivity index (χ0v) is 12.9. The lowest BCUT2D eigenvalue weighted by atomic mass is 9.83. The van der Waals surface area contributed by atoms with E-state index < -0.39 is 5.97 Å². The molecule has 1 N–H and O–H groups in total. The highest BCUT2D eigenvalue weighted by atomic mass is 35.5. The number of halogens is 1. The molecule has 0 amide bonds. The summed E-state index contributed by atoms with van der Waals surface area (Å²) in [4.78, 5) is 11.1. The topological polar surface area (TPSA) is 51.5 Å². The molecule has 0 spiro atoms. The fourth-order valence-corrected chi connectivity index (χ4v) is 3.74. The standard InChI is InChI=1S/C16H18ClNO3/c1-18-12-5-3-4-9(6-15(19)20)16(12)10-7-14(21-2)11(17)8-13(10)18/h7-9H,3-6H2,1-2H3,(H,19,20). The van der Waals surface area contributed by atoms with Crippen LogP contribution in [0, 0.1) is 0 Å². The molecule has 0 bridgehead atoms. The van der Waals surface area contributed by atoms with E-state index in [-0.39, 0.29) is 12.3 Å². The second kappa shape index (κ2) is 5.26. The van der Waals surface area contributed by atoms with E-state index in [1.807, 2.05) is 19.2 Å². The van der Waals surface area contributed by atoms with Crippen molar-refractivity contribution in [1.29, 1.82) is 0 Å². The largest absolute Gasteiger partial charge is 0.495 e. The van der Waals surface area contributed by atoms with Gasteiger partial charge in [0, 0.05) is 18.1 Å². The van der Waals surface area contributed by atoms with Gasteiger partial charge < -0.3 is 14.4 Å². The number of methoxy groups -OCH3 is 1. The zero-order chi connectivity index (χ0) is 15.1. The predicted octanol–water partition coefficient (Wildman–Crippen LogP) is 3.73. The van der Waals surface area contributed by atoms with E-state index in [9.17, 15) is 4.79 Å². The van der Waals surface area contributed by atoms with Crippen LogP contribution >= 0.6 is 11.6 Å². The summed E-state index contributed by atoms with van der Waals surface area (Å²) < 4.78 is 7.46. The average molecular weight is 308 g/mol. The first-order valence-electron chi connectivity index (χ1n) is 7.09. The van der Waals surface area contributed by atoms with Crippen molar-refractivity contribution in [3.05, 3.63) is 28.4 Å². The highest BCUT2D eigenvalue weighted by Gasteiger charge is 2.28. The van der Waals surface area contributed by atoms with Crippen molar-refractivity contribution in [1.82, 2.24) is 4.57 Å². The minimum Gasteiger partial charge on any atom is -0.495 e. The number of aliphatic carboxylic acids is 1. The first-order chi connectivity index (χ1) is 10.0. The average Bonchev–Trinajstić information content (AvgIpc) is 2.72. The fraction of sp³-hybridized carbons (Fsp3) is 0.438. The molecule has 0 saturated carbocycles. The first kappa shape index (κ1) is 14.3. The Hall–Kier alpha value is -1.68. The molecule has 0 fully saturated rings. The Balaban J connectivity index is 2.25. The molecule has 1 atom stereocenters. The molecule has 1 aliphatic carbocycles. The van der Waals surface area contributed by atoms with Gasteiger partial charge in [-0.05, 0) is 42.9 Å². The Labute approximate surface area is 128 Å². The number of aromatic nitrogens is 1. The van der Waals surface area contributed by atoms with Gasteiger partial charge in [-0.3, -0.25) is 4.79 Å². The lowest BCUT2D eigenvalue weighted by Crippen LogP contribution is -2.14. The molecule has 3 rings (SSSR count). The number of hydrogen-bond acceptors (Lipinski definition) is 2. The zero-order valence-electron chi connectivity index (χ0n) is 12.1. The molecule has 0 aliphatic heterocycles. The molecule has 4 nitrogen and oxygen atoms in total. The van der Waals surface area contributed by atoms with Crippen LogP contribution in [-0.4, -0.2) is 22.8 Å². The number of carbonyl (C=O) groups is 1. The van der Waals surface area contributed by atoms with Crippen LogP contribution in [0.2, 0.25) is 5.02 Å². The van der Waals surface area contributed by atoms with Gasteiger partial charge in [-0.25, -0.2) is 0 Å². The summed E-state index contributed by atoms with van der Waals surface area (Å²) in [5.74, 6) is -0.0381. The Bertz CT molecular complexity index is 720. The third-order valence-corrected chi connectivity index (χ3v) is 4.73. The summed E-state index contributed by atoms with van der Waals surface area (Å²) in [6.45, 7) is 0. The molecule has 1 aromatic carbocycles. The molecule has 0 radical (unpaired) electrons. The van der Waals surface area contributed by atoms with Crippen molar-refractivity contribution in [3.63, 3.8) is 0 Å². The summed E-state index contributed by atoms with van der Waals surface area (Å²) in [6, 6.07) is 3.85. The highest BCUT2D eigenvalue weighted by Crippen LogP contribution is 2.43. The summed E-state index contributed by atoms with van der Waals surface area (Å²) in [7, 11) is 3.62. The smallest absolute Gasteiger partial charge is 0.303 e. The summed E-state index contributed by atoms with van der Waals surface area (Å²) >= 11 is 6.23. The first-order valence-corrected chi connectivity index (χ1v) is 7.47. The van der Waals surface area contributed by atoms with E-state index >= 15 is 0 Å². The number of hydrogen-bond donors (Lipinski definition) is 1. The molecule has 1 unspecified atom stereocenters. The van der Waals surface area contributed by atoms with Crippen LogP contribution in [0.5, 0.6) is 5.75 Å². The number of fused-ring (bicyclic) bond motifs is 3. The van der Waals surface area contributed by atoms with E-state index in [0.717, 1.165) is 35.7 Å². The second-order valence-corrected chi connectivity index (χ2v) is 6.02. The maximum atomic E-state index is 11.1. The lowest BCUT2D eigenvalue weighted by Gasteiger charge is -2.22. The molecule has 1 heterocycles. The van der Waals surface area contributed by atoms with Crippen LogP contribution in [0.1, 0.15) is 36.4 Å². The summed E-state index contributed by atoms with van der Waals surface area (Å²) in [6.07, 6.45) is 3.11. The number of carboxylic acid groups (broad SMARTS) is 1. The maximum Gasteiger partial charge on any atom is 0.303 e. The molecule has 1 aromatic heterocycles. The summed E-state index contributed by atoms with van der Waals surface area (Å²) in [5.41, 5.74) is 3.44. The van der Waals surface area contributed by atoms with Crippen LogP contribution < -0.4 is 4.74 Å². The van der Waals surface area contributed by atoms with Crippen LogP contribution in [0.4, 0.5) is 0 Å². The van der Waals surface area contributed by atoms with E-state index in [2.05, 4.69) is 4.57 Å². The van der Waals surface area contributed by atoms with Crippen LogP contribution in [0.25, 0.3) is 10.9 Å². The van der Waals surface area contributed by atoms with E-state index in [1.54, 1.807) is 7.11 Å². The van der Waals surface area contributed by atoms with Gasteiger partial charge in [0.15, 0.2) is 0 Å². The normalized spacial score (nSPS) is 17.8. The van der Waals surface area contributed by atoms with Crippen molar-refractivity contribution in [2.24, 2.45) is 7.05 Å². The van der Waals surface area contributed by atoms with Crippen LogP contribution in [0.15, 0.2) is 12.1 Å². The highest BCUT2D eigenvalue weighted by molar-refractivity contribution is 6.32. The van der Waals surface area contributed by atoms with Crippen molar-refractivity contribution in [2.45, 2.75) is 31.6 Å². The lowest BCUT2D eigenvalue weighted by molar-refractivity contribution is -0.137. The quantitative estimate of drug-likeness (QED) is 0.940. The third-order valence-electron chi connectivity index (χ3n) is 4.43. The van der Waals surface area contributed by atoms with Gasteiger partial charge in [0.2, 0.25) is 0 Å². The molecule has 21 heavy (non-hydrogen) atoms. The number of benzene rings is 1. The summed E-state index contributed by atoms with van der Waals surface area (Å²) in [5, 5.41) is 10.8. The molecule has 1 aliphatic rings. The van der Waals surface area contributed by atoms with E-state index in [4.69, 9.17) is 21.4 Å². The second-order valence-electron chi connectivity index (χ2n) is 5.61. The van der Waals surface area contributed by atoms with Crippen LogP contribution in [-0.2, 0) is 18.3 Å². The van der Waals surface area contributed by atoms with Crippen molar-refractivity contribution >= 4 is 28.5 Å². The monoisotopic (exact) mass is 307 g/mol. The van der Waals surface area contributed by atoms with Gasteiger partial charge in [0.1, 0.15) is 5.75 Å². The molecule has 0 saturated heterocycles. The number of carboxylic acids is 1. The molecule has 2 aromatic rings. The van der Waals surface area contributed by atoms with Gasteiger partial charge >= 0.3 is 5.97 Å². The van der Waals surface area contributed by atoms with Gasteiger partial charge in [-0.15, -0.1) is 0 Å². The number of aryl methyl sites for hydroxylation is 1. The third kappa shape index (κ3) is 2.27. The minimum absolute atomic E-state index is 0.0702. The number of ether oxygens (including phenoxy) is 1. The molecule has 112 valence electrons. The Morgan fingerprint density at radius 2 is 2.29 bits per heavy atom. The number of rotatable bonds is 3. The Kier molecular flexibility index (Phi) is 3.57. The molecular formula is C16H18ClNO3. The fourth-order valence-electron chi connectivity index (χ4n) is 3.51. The van der Waals surface area contributed by atoms with Crippen molar-refractivity contribution in [2.75, 3.05) is 7.11 Å². The maximum absolute atomic E-state index is 11.1. The van der Waals surface area contributed by atoms with Crippen molar-refractivity contribution < 1.29 is 14.6 Å². The Morgan fingerprint density at radius 3 is 2.95 bits per heavy atom. The molecular weight excluding hydrogens is 290 g/mol. The molecule has 5 heteroatoms. The number of nitrogens with zero attached hydrogens (tertiary/aromatic N) is 1. The minimum atomic E-state index is -0.745. The van der Waals surface area contributed by atoms with Crippen molar-refractivity contribution in [3.8, 4) is 5.75 Å². The van der Waals surface area contributed by atoms with Gasteiger partial charge in [-0.2, -0.15) is 0 Å². The van der Waals surface area contributed by atoms with Gasteiger partial charge in [-0.1, -0.05) is 11.6 Å². The van der Waals surface area contributed by atoms with Gasteiger partial charge in [0.25, 0.3) is 0 Å². The Morgan fingerprint density at radius 1 is 1.52 bits per heavy atom. The van der Waals surface area contributed by atoms with E-state index in [1.165, 1.54) is 5.69 Å².